The Bertz CT molecular complexity index is 317. The Labute approximate surface area is 103 Å². The van der Waals surface area contributed by atoms with Crippen LogP contribution in [0.3, 0.4) is 0 Å². The van der Waals surface area contributed by atoms with Gasteiger partial charge in [-0.3, -0.25) is 16.3 Å². The van der Waals surface area contributed by atoms with Crippen molar-refractivity contribution in [2.45, 2.75) is 51.5 Å². The predicted octanol–water partition coefficient (Wildman–Crippen LogP) is 3.09. The molecule has 0 aliphatic rings. The van der Waals surface area contributed by atoms with Gasteiger partial charge in [0.25, 0.3) is 0 Å². The second-order valence-corrected chi connectivity index (χ2v) is 4.32. The van der Waals surface area contributed by atoms with Crippen molar-refractivity contribution >= 4 is 0 Å². The quantitative estimate of drug-likeness (QED) is 0.416. The first kappa shape index (κ1) is 14.1. The van der Waals surface area contributed by atoms with Gasteiger partial charge in [0.1, 0.15) is 5.82 Å². The maximum atomic E-state index is 13.5. The fourth-order valence-electron chi connectivity index (χ4n) is 1.95. The Morgan fingerprint density at radius 3 is 2.76 bits per heavy atom. The second kappa shape index (κ2) is 8.14. The highest BCUT2D eigenvalue weighted by Gasteiger charge is 2.13. The maximum Gasteiger partial charge on any atom is 0.146 e. The summed E-state index contributed by atoms with van der Waals surface area (Å²) in [5, 5.41) is 0. The molecular weight excluding hydrogens is 217 g/mol. The number of hydrogen-bond acceptors (Lipinski definition) is 3. The zero-order valence-electron chi connectivity index (χ0n) is 10.5. The van der Waals surface area contributed by atoms with Crippen molar-refractivity contribution in [3.63, 3.8) is 0 Å². The Hall–Kier alpha value is -1.00. The summed E-state index contributed by atoms with van der Waals surface area (Å²) >= 11 is 0. The Kier molecular flexibility index (Phi) is 6.74. The number of aromatic nitrogens is 1. The molecule has 3 N–H and O–H groups in total. The number of halogens is 1. The largest absolute Gasteiger partial charge is 0.271 e. The molecule has 0 aliphatic heterocycles. The van der Waals surface area contributed by atoms with Crippen LogP contribution in [-0.4, -0.2) is 4.98 Å². The van der Waals surface area contributed by atoms with Crippen molar-refractivity contribution in [3.05, 3.63) is 29.8 Å². The molecule has 1 heterocycles. The SMILES string of the molecule is CCCCCCCC(NN)c1ccncc1F. The fourth-order valence-corrected chi connectivity index (χ4v) is 1.95. The van der Waals surface area contributed by atoms with Crippen LogP contribution < -0.4 is 11.3 Å². The number of unbranched alkanes of at least 4 members (excludes halogenated alkanes) is 4. The number of pyridine rings is 1. The van der Waals surface area contributed by atoms with E-state index in [4.69, 9.17) is 5.84 Å². The van der Waals surface area contributed by atoms with Gasteiger partial charge >= 0.3 is 0 Å². The van der Waals surface area contributed by atoms with Crippen molar-refractivity contribution in [1.82, 2.24) is 10.4 Å². The summed E-state index contributed by atoms with van der Waals surface area (Å²) in [6, 6.07) is 1.57. The summed E-state index contributed by atoms with van der Waals surface area (Å²) in [5.41, 5.74) is 3.29. The zero-order chi connectivity index (χ0) is 12.5. The van der Waals surface area contributed by atoms with Crippen molar-refractivity contribution in [3.8, 4) is 0 Å². The van der Waals surface area contributed by atoms with E-state index in [1.54, 1.807) is 12.3 Å². The third-order valence-corrected chi connectivity index (χ3v) is 2.98. The van der Waals surface area contributed by atoms with E-state index < -0.39 is 0 Å². The van der Waals surface area contributed by atoms with E-state index in [0.717, 1.165) is 12.8 Å². The molecule has 0 bridgehead atoms. The Morgan fingerprint density at radius 1 is 1.35 bits per heavy atom. The van der Waals surface area contributed by atoms with Crippen LogP contribution >= 0.6 is 0 Å². The van der Waals surface area contributed by atoms with Gasteiger partial charge in [-0.25, -0.2) is 4.39 Å². The average Bonchev–Trinajstić information content (AvgIpc) is 2.35. The molecule has 3 nitrogen and oxygen atoms in total. The van der Waals surface area contributed by atoms with Crippen molar-refractivity contribution < 1.29 is 4.39 Å². The van der Waals surface area contributed by atoms with Gasteiger partial charge in [0.2, 0.25) is 0 Å². The van der Waals surface area contributed by atoms with Crippen LogP contribution in [-0.2, 0) is 0 Å². The molecule has 0 aliphatic carbocycles. The van der Waals surface area contributed by atoms with E-state index in [-0.39, 0.29) is 11.9 Å². The van der Waals surface area contributed by atoms with E-state index in [0.29, 0.717) is 5.56 Å². The molecule has 1 aromatic rings. The van der Waals surface area contributed by atoms with Gasteiger partial charge in [-0.05, 0) is 12.5 Å². The minimum Gasteiger partial charge on any atom is -0.271 e. The molecule has 1 rings (SSSR count). The highest BCUT2D eigenvalue weighted by atomic mass is 19.1. The number of rotatable bonds is 8. The molecule has 0 fully saturated rings. The van der Waals surface area contributed by atoms with E-state index in [9.17, 15) is 4.39 Å². The number of hydrogen-bond donors (Lipinski definition) is 2. The lowest BCUT2D eigenvalue weighted by atomic mass is 10.0. The van der Waals surface area contributed by atoms with Crippen LogP contribution in [0, 0.1) is 5.82 Å². The molecule has 0 amide bonds. The van der Waals surface area contributed by atoms with Gasteiger partial charge < -0.3 is 0 Å². The highest BCUT2D eigenvalue weighted by Crippen LogP contribution is 2.21. The van der Waals surface area contributed by atoms with Crippen LogP contribution in [0.4, 0.5) is 4.39 Å². The number of nitrogens with zero attached hydrogens (tertiary/aromatic N) is 1. The minimum absolute atomic E-state index is 0.111. The molecule has 1 aromatic heterocycles. The zero-order valence-corrected chi connectivity index (χ0v) is 10.5. The molecule has 0 saturated carbocycles. The van der Waals surface area contributed by atoms with Crippen LogP contribution in [0.5, 0.6) is 0 Å². The van der Waals surface area contributed by atoms with E-state index >= 15 is 0 Å². The molecule has 96 valence electrons. The summed E-state index contributed by atoms with van der Waals surface area (Å²) in [6.07, 6.45) is 9.68. The third-order valence-electron chi connectivity index (χ3n) is 2.98. The molecule has 0 aromatic carbocycles. The lowest BCUT2D eigenvalue weighted by Crippen LogP contribution is -2.28. The number of hydrazine groups is 1. The summed E-state index contributed by atoms with van der Waals surface area (Å²) in [4.78, 5) is 3.74. The fraction of sp³-hybridized carbons (Fsp3) is 0.615. The maximum absolute atomic E-state index is 13.5. The van der Waals surface area contributed by atoms with Crippen molar-refractivity contribution in [2.24, 2.45) is 5.84 Å². The van der Waals surface area contributed by atoms with E-state index in [1.165, 1.54) is 31.9 Å². The normalized spacial score (nSPS) is 12.6. The van der Waals surface area contributed by atoms with Crippen LogP contribution in [0.15, 0.2) is 18.5 Å². The van der Waals surface area contributed by atoms with Gasteiger partial charge in [0.05, 0.1) is 6.20 Å². The first-order chi connectivity index (χ1) is 8.29. The lowest BCUT2D eigenvalue weighted by Gasteiger charge is -2.16. The van der Waals surface area contributed by atoms with Gasteiger partial charge in [0, 0.05) is 17.8 Å². The second-order valence-electron chi connectivity index (χ2n) is 4.32. The standard InChI is InChI=1S/C13H22FN3/c1-2-3-4-5-6-7-13(17-15)11-8-9-16-10-12(11)14/h8-10,13,17H,2-7,15H2,1H3. The summed E-state index contributed by atoms with van der Waals surface area (Å²) in [7, 11) is 0. The topological polar surface area (TPSA) is 50.9 Å². The molecule has 0 radical (unpaired) electrons. The molecule has 4 heteroatoms. The molecule has 0 saturated heterocycles. The van der Waals surface area contributed by atoms with Gasteiger partial charge in [-0.1, -0.05) is 39.0 Å². The van der Waals surface area contributed by atoms with Crippen LogP contribution in [0.25, 0.3) is 0 Å². The third kappa shape index (κ3) is 4.79. The van der Waals surface area contributed by atoms with Gasteiger partial charge in [-0.15, -0.1) is 0 Å². The predicted molar refractivity (Wildman–Crippen MR) is 67.6 cm³/mol. The molecule has 0 spiro atoms. The van der Waals surface area contributed by atoms with E-state index in [2.05, 4.69) is 17.3 Å². The van der Waals surface area contributed by atoms with Gasteiger partial charge in [-0.2, -0.15) is 0 Å². The monoisotopic (exact) mass is 239 g/mol. The molecule has 1 atom stereocenters. The van der Waals surface area contributed by atoms with Gasteiger partial charge in [0.15, 0.2) is 0 Å². The summed E-state index contributed by atoms with van der Waals surface area (Å²) in [6.45, 7) is 2.19. The summed E-state index contributed by atoms with van der Waals surface area (Å²) < 4.78 is 13.5. The first-order valence-corrected chi connectivity index (χ1v) is 6.35. The van der Waals surface area contributed by atoms with Crippen LogP contribution in [0.2, 0.25) is 0 Å². The minimum atomic E-state index is -0.288. The average molecular weight is 239 g/mol. The van der Waals surface area contributed by atoms with Crippen molar-refractivity contribution in [1.29, 1.82) is 0 Å². The lowest BCUT2D eigenvalue weighted by molar-refractivity contribution is 0.457. The van der Waals surface area contributed by atoms with Crippen molar-refractivity contribution in [2.75, 3.05) is 0 Å². The molecular formula is C13H22FN3. The number of nitrogens with two attached hydrogens (primary N) is 1. The smallest absolute Gasteiger partial charge is 0.146 e. The van der Waals surface area contributed by atoms with E-state index in [1.807, 2.05) is 0 Å². The Balaban J connectivity index is 2.41. The molecule has 17 heavy (non-hydrogen) atoms. The highest BCUT2D eigenvalue weighted by molar-refractivity contribution is 5.16. The number of nitrogens with one attached hydrogen (secondary N) is 1. The first-order valence-electron chi connectivity index (χ1n) is 6.35. The summed E-state index contributed by atoms with van der Waals surface area (Å²) in [5.74, 6) is 5.19. The van der Waals surface area contributed by atoms with Crippen LogP contribution in [0.1, 0.15) is 57.1 Å². The Morgan fingerprint density at radius 2 is 2.12 bits per heavy atom. The molecule has 1 unspecified atom stereocenters.